The van der Waals surface area contributed by atoms with Gasteiger partial charge in [0.1, 0.15) is 5.92 Å². The molecule has 0 aliphatic carbocycles. The number of likely N-dealkylation sites (N-methyl/N-ethyl adjacent to an activating group) is 1. The molecule has 1 N–H and O–H groups in total. The second kappa shape index (κ2) is 6.41. The highest BCUT2D eigenvalue weighted by molar-refractivity contribution is 5.81. The van der Waals surface area contributed by atoms with Crippen molar-refractivity contribution < 1.29 is 4.79 Å². The van der Waals surface area contributed by atoms with Crippen molar-refractivity contribution in [2.45, 2.75) is 26.8 Å². The summed E-state index contributed by atoms with van der Waals surface area (Å²) in [7, 11) is 3.92. The van der Waals surface area contributed by atoms with E-state index in [9.17, 15) is 4.79 Å². The number of amides is 1. The molecule has 0 heterocycles. The Bertz CT molecular complexity index is 243. The van der Waals surface area contributed by atoms with Gasteiger partial charge >= 0.3 is 0 Å². The van der Waals surface area contributed by atoms with E-state index in [-0.39, 0.29) is 17.9 Å². The molecule has 4 nitrogen and oxygen atoms in total. The van der Waals surface area contributed by atoms with E-state index in [0.717, 1.165) is 0 Å². The third-order valence-corrected chi connectivity index (χ3v) is 2.54. The Morgan fingerprint density at radius 2 is 1.93 bits per heavy atom. The molecule has 2 atom stereocenters. The van der Waals surface area contributed by atoms with Gasteiger partial charge in [-0.1, -0.05) is 13.8 Å². The second-order valence-electron chi connectivity index (χ2n) is 4.41. The zero-order valence-corrected chi connectivity index (χ0v) is 10.2. The van der Waals surface area contributed by atoms with Crippen LogP contribution in [0.1, 0.15) is 20.8 Å². The van der Waals surface area contributed by atoms with Crippen LogP contribution in [-0.4, -0.2) is 37.5 Å². The molecule has 1 amide bonds. The molecule has 0 rings (SSSR count). The predicted molar refractivity (Wildman–Crippen MR) is 60.1 cm³/mol. The third-order valence-electron chi connectivity index (χ3n) is 2.54. The maximum absolute atomic E-state index is 11.6. The summed E-state index contributed by atoms with van der Waals surface area (Å²) in [6.45, 7) is 6.36. The standard InChI is InChI=1S/C11H21N3O/c1-8(2)10(6-12)11(15)13-7-9(3)14(4)5/h8-10H,7H2,1-5H3,(H,13,15). The van der Waals surface area contributed by atoms with Crippen LogP contribution in [-0.2, 0) is 4.79 Å². The van der Waals surface area contributed by atoms with Crippen molar-refractivity contribution in [1.82, 2.24) is 10.2 Å². The van der Waals surface area contributed by atoms with Crippen molar-refractivity contribution in [3.8, 4) is 6.07 Å². The minimum Gasteiger partial charge on any atom is -0.353 e. The first-order chi connectivity index (χ1) is 6.90. The van der Waals surface area contributed by atoms with E-state index in [0.29, 0.717) is 6.54 Å². The molecular formula is C11H21N3O. The summed E-state index contributed by atoms with van der Waals surface area (Å²) in [5.41, 5.74) is 0. The van der Waals surface area contributed by atoms with E-state index < -0.39 is 5.92 Å². The van der Waals surface area contributed by atoms with Crippen molar-refractivity contribution in [3.05, 3.63) is 0 Å². The molecule has 86 valence electrons. The maximum Gasteiger partial charge on any atom is 0.237 e. The lowest BCUT2D eigenvalue weighted by atomic mass is 9.96. The van der Waals surface area contributed by atoms with Gasteiger partial charge in [0.15, 0.2) is 0 Å². The van der Waals surface area contributed by atoms with E-state index in [1.165, 1.54) is 0 Å². The molecule has 15 heavy (non-hydrogen) atoms. The van der Waals surface area contributed by atoms with Crippen LogP contribution >= 0.6 is 0 Å². The summed E-state index contributed by atoms with van der Waals surface area (Å²) in [4.78, 5) is 13.6. The lowest BCUT2D eigenvalue weighted by Crippen LogP contribution is -2.41. The molecule has 0 aliphatic heterocycles. The Kier molecular flexibility index (Phi) is 5.95. The van der Waals surface area contributed by atoms with Gasteiger partial charge in [-0.3, -0.25) is 4.79 Å². The molecule has 4 heteroatoms. The largest absolute Gasteiger partial charge is 0.353 e. The van der Waals surface area contributed by atoms with Crippen LogP contribution in [0.5, 0.6) is 0 Å². The first kappa shape index (κ1) is 13.9. The number of hydrogen-bond acceptors (Lipinski definition) is 3. The summed E-state index contributed by atoms with van der Waals surface area (Å²) in [6, 6.07) is 2.31. The van der Waals surface area contributed by atoms with Gasteiger partial charge in [-0.05, 0) is 26.9 Å². The van der Waals surface area contributed by atoms with Crippen LogP contribution in [0.2, 0.25) is 0 Å². The normalized spacial score (nSPS) is 14.8. The highest BCUT2D eigenvalue weighted by atomic mass is 16.1. The molecule has 0 fully saturated rings. The molecular weight excluding hydrogens is 190 g/mol. The molecule has 0 bridgehead atoms. The number of nitrogens with zero attached hydrogens (tertiary/aromatic N) is 2. The molecule has 0 spiro atoms. The first-order valence-electron chi connectivity index (χ1n) is 5.23. The predicted octanol–water partition coefficient (Wildman–Crippen LogP) is 0.848. The topological polar surface area (TPSA) is 56.1 Å². The van der Waals surface area contributed by atoms with Crippen LogP contribution < -0.4 is 5.32 Å². The Morgan fingerprint density at radius 1 is 1.40 bits per heavy atom. The summed E-state index contributed by atoms with van der Waals surface area (Å²) < 4.78 is 0. The van der Waals surface area contributed by atoms with E-state index in [4.69, 9.17) is 5.26 Å². The van der Waals surface area contributed by atoms with E-state index in [1.54, 1.807) is 0 Å². The lowest BCUT2D eigenvalue weighted by Gasteiger charge is -2.21. The fourth-order valence-corrected chi connectivity index (χ4v) is 1.05. The fraction of sp³-hybridized carbons (Fsp3) is 0.818. The third kappa shape index (κ3) is 4.80. The van der Waals surface area contributed by atoms with E-state index >= 15 is 0 Å². The molecule has 0 saturated carbocycles. The van der Waals surface area contributed by atoms with Crippen LogP contribution in [0.25, 0.3) is 0 Å². The lowest BCUT2D eigenvalue weighted by molar-refractivity contribution is -0.124. The molecule has 0 aromatic heterocycles. The number of carbonyl (C=O) groups is 1. The highest BCUT2D eigenvalue weighted by Crippen LogP contribution is 2.09. The Balaban J connectivity index is 4.09. The highest BCUT2D eigenvalue weighted by Gasteiger charge is 2.21. The smallest absolute Gasteiger partial charge is 0.237 e. The van der Waals surface area contributed by atoms with Crippen molar-refractivity contribution in [3.63, 3.8) is 0 Å². The van der Waals surface area contributed by atoms with Gasteiger partial charge < -0.3 is 10.2 Å². The van der Waals surface area contributed by atoms with Gasteiger partial charge in [-0.25, -0.2) is 0 Å². The maximum atomic E-state index is 11.6. The van der Waals surface area contributed by atoms with Gasteiger partial charge in [0.05, 0.1) is 6.07 Å². The molecule has 0 aliphatic rings. The van der Waals surface area contributed by atoms with Gasteiger partial charge in [-0.15, -0.1) is 0 Å². The average Bonchev–Trinajstić information content (AvgIpc) is 2.14. The number of carbonyl (C=O) groups excluding carboxylic acids is 1. The molecule has 0 aromatic rings. The zero-order valence-electron chi connectivity index (χ0n) is 10.2. The van der Waals surface area contributed by atoms with E-state index in [1.807, 2.05) is 45.8 Å². The monoisotopic (exact) mass is 211 g/mol. The first-order valence-corrected chi connectivity index (χ1v) is 5.23. The zero-order chi connectivity index (χ0) is 12.0. The second-order valence-corrected chi connectivity index (χ2v) is 4.41. The summed E-state index contributed by atoms with van der Waals surface area (Å²) in [5, 5.41) is 11.6. The average molecular weight is 211 g/mol. The molecule has 0 saturated heterocycles. The number of nitriles is 1. The SMILES string of the molecule is CC(C)C(C#N)C(=O)NCC(C)N(C)C. The summed E-state index contributed by atoms with van der Waals surface area (Å²) >= 11 is 0. The van der Waals surface area contributed by atoms with Crippen molar-refractivity contribution in [2.75, 3.05) is 20.6 Å². The minimum absolute atomic E-state index is 0.0599. The Labute approximate surface area is 92.3 Å². The van der Waals surface area contributed by atoms with Gasteiger partial charge in [0.25, 0.3) is 0 Å². The van der Waals surface area contributed by atoms with Crippen LogP contribution in [0, 0.1) is 23.2 Å². The number of rotatable bonds is 5. The number of nitrogens with one attached hydrogen (secondary N) is 1. The number of hydrogen-bond donors (Lipinski definition) is 1. The van der Waals surface area contributed by atoms with E-state index in [2.05, 4.69) is 5.32 Å². The van der Waals surface area contributed by atoms with Crippen LogP contribution in [0.15, 0.2) is 0 Å². The minimum atomic E-state index is -0.542. The van der Waals surface area contributed by atoms with Crippen LogP contribution in [0.3, 0.4) is 0 Å². The van der Waals surface area contributed by atoms with Gasteiger partial charge in [0.2, 0.25) is 5.91 Å². The molecule has 0 radical (unpaired) electrons. The van der Waals surface area contributed by atoms with Crippen molar-refractivity contribution >= 4 is 5.91 Å². The van der Waals surface area contributed by atoms with Crippen molar-refractivity contribution in [2.24, 2.45) is 11.8 Å². The Hall–Kier alpha value is -1.08. The van der Waals surface area contributed by atoms with Gasteiger partial charge in [-0.2, -0.15) is 5.26 Å². The molecule has 0 aromatic carbocycles. The summed E-state index contributed by atoms with van der Waals surface area (Å²) in [5.74, 6) is -0.648. The van der Waals surface area contributed by atoms with Crippen LogP contribution in [0.4, 0.5) is 0 Å². The fourth-order valence-electron chi connectivity index (χ4n) is 1.05. The van der Waals surface area contributed by atoms with Gasteiger partial charge in [0, 0.05) is 12.6 Å². The summed E-state index contributed by atoms with van der Waals surface area (Å²) in [6.07, 6.45) is 0. The van der Waals surface area contributed by atoms with Crippen molar-refractivity contribution in [1.29, 1.82) is 5.26 Å². The molecule has 2 unspecified atom stereocenters. The quantitative estimate of drug-likeness (QED) is 0.733. The Morgan fingerprint density at radius 3 is 2.27 bits per heavy atom.